The maximum Gasteiger partial charge on any atom is 0.407 e. The molecule has 3 N–H and O–H groups in total. The van der Waals surface area contributed by atoms with Crippen LogP contribution in [0.2, 0.25) is 0 Å². The van der Waals surface area contributed by atoms with Gasteiger partial charge < -0.3 is 25.3 Å². The molecule has 0 aliphatic heterocycles. The Morgan fingerprint density at radius 2 is 1.92 bits per heavy atom. The van der Waals surface area contributed by atoms with Crippen LogP contribution in [0, 0.1) is 5.92 Å². The number of amides is 1. The van der Waals surface area contributed by atoms with Gasteiger partial charge in [-0.3, -0.25) is 4.99 Å². The zero-order chi connectivity index (χ0) is 17.8. The first-order chi connectivity index (χ1) is 11.5. The summed E-state index contributed by atoms with van der Waals surface area (Å²) in [6.45, 7) is 8.66. The van der Waals surface area contributed by atoms with Gasteiger partial charge >= 0.3 is 6.09 Å². The van der Waals surface area contributed by atoms with Crippen molar-refractivity contribution < 1.29 is 9.53 Å². The Morgan fingerprint density at radius 1 is 1.24 bits per heavy atom. The minimum absolute atomic E-state index is 0. The summed E-state index contributed by atoms with van der Waals surface area (Å²) in [6, 6.07) is 4.00. The quantitative estimate of drug-likeness (QED) is 0.298. The second-order valence-electron chi connectivity index (χ2n) is 5.99. The average Bonchev–Trinajstić information content (AvgIpc) is 3.03. The van der Waals surface area contributed by atoms with E-state index < -0.39 is 0 Å². The van der Waals surface area contributed by atoms with E-state index in [1.54, 1.807) is 14.0 Å². The maximum absolute atomic E-state index is 11.6. The van der Waals surface area contributed by atoms with Gasteiger partial charge in [-0.05, 0) is 31.4 Å². The molecule has 0 bridgehead atoms. The Labute approximate surface area is 168 Å². The van der Waals surface area contributed by atoms with Crippen molar-refractivity contribution in [1.82, 2.24) is 20.5 Å². The molecular formula is C17H32IN5O2. The van der Waals surface area contributed by atoms with E-state index in [9.17, 15) is 4.79 Å². The summed E-state index contributed by atoms with van der Waals surface area (Å²) in [4.78, 5) is 15.9. The van der Waals surface area contributed by atoms with Crippen LogP contribution in [0.15, 0.2) is 29.5 Å². The molecular weight excluding hydrogens is 433 g/mol. The number of rotatable bonds is 9. The molecule has 0 aromatic carbocycles. The van der Waals surface area contributed by atoms with E-state index in [1.807, 2.05) is 24.5 Å². The van der Waals surface area contributed by atoms with Crippen LogP contribution < -0.4 is 16.0 Å². The van der Waals surface area contributed by atoms with Gasteiger partial charge in [-0.25, -0.2) is 4.79 Å². The van der Waals surface area contributed by atoms with Crippen LogP contribution in [0.5, 0.6) is 0 Å². The fourth-order valence-electron chi connectivity index (χ4n) is 2.36. The first-order valence-corrected chi connectivity index (χ1v) is 8.53. The molecule has 7 nitrogen and oxygen atoms in total. The molecule has 1 aromatic heterocycles. The minimum atomic E-state index is -0.375. The molecule has 0 aliphatic rings. The fraction of sp³-hybridized carbons (Fsp3) is 0.647. The summed E-state index contributed by atoms with van der Waals surface area (Å²) < 4.78 is 7.07. The molecule has 0 saturated heterocycles. The van der Waals surface area contributed by atoms with Gasteiger partial charge in [0.2, 0.25) is 0 Å². The lowest BCUT2D eigenvalue weighted by Crippen LogP contribution is -2.48. The number of hydrogen-bond donors (Lipinski definition) is 3. The van der Waals surface area contributed by atoms with Crippen LogP contribution in [0.3, 0.4) is 0 Å². The highest BCUT2D eigenvalue weighted by Gasteiger charge is 2.15. The molecule has 1 heterocycles. The van der Waals surface area contributed by atoms with Gasteiger partial charge in [-0.15, -0.1) is 24.0 Å². The standard InChI is InChI=1S/C17H31N5O2.HI/c1-5-24-17(23)21-15(12-14(2)3)13-20-16(18-4)19-8-11-22-9-6-7-10-22;/h6-7,9-10,14-15H,5,8,11-13H2,1-4H3,(H,21,23)(H2,18,19,20);1H. The Balaban J connectivity index is 0.00000576. The first-order valence-electron chi connectivity index (χ1n) is 8.53. The minimum Gasteiger partial charge on any atom is -0.450 e. The van der Waals surface area contributed by atoms with Crippen molar-refractivity contribution in [2.45, 2.75) is 39.8 Å². The molecule has 144 valence electrons. The normalized spacial score (nSPS) is 12.3. The van der Waals surface area contributed by atoms with E-state index in [2.05, 4.69) is 39.4 Å². The van der Waals surface area contributed by atoms with Crippen LogP contribution >= 0.6 is 24.0 Å². The lowest BCUT2D eigenvalue weighted by Gasteiger charge is -2.22. The molecule has 0 saturated carbocycles. The second-order valence-corrected chi connectivity index (χ2v) is 5.99. The Morgan fingerprint density at radius 3 is 2.48 bits per heavy atom. The highest BCUT2D eigenvalue weighted by atomic mass is 127. The summed E-state index contributed by atoms with van der Waals surface area (Å²) in [5.74, 6) is 1.20. The topological polar surface area (TPSA) is 79.7 Å². The molecule has 0 radical (unpaired) electrons. The number of aromatic nitrogens is 1. The van der Waals surface area contributed by atoms with E-state index in [0.29, 0.717) is 19.1 Å². The Hall–Kier alpha value is -1.45. The number of aliphatic imine (C=N–C) groups is 1. The average molecular weight is 465 g/mol. The van der Waals surface area contributed by atoms with Crippen LogP contribution in [0.4, 0.5) is 4.79 Å². The summed E-state index contributed by atoms with van der Waals surface area (Å²) in [7, 11) is 1.74. The second kappa shape index (κ2) is 13.8. The van der Waals surface area contributed by atoms with E-state index >= 15 is 0 Å². The molecule has 1 rings (SSSR count). The number of guanidine groups is 1. The fourth-order valence-corrected chi connectivity index (χ4v) is 2.36. The third-order valence-corrected chi connectivity index (χ3v) is 3.42. The summed E-state index contributed by atoms with van der Waals surface area (Å²) in [5.41, 5.74) is 0. The number of alkyl carbamates (subject to hydrolysis) is 1. The van der Waals surface area contributed by atoms with Crippen molar-refractivity contribution in [1.29, 1.82) is 0 Å². The van der Waals surface area contributed by atoms with Gasteiger partial charge in [0.05, 0.1) is 6.61 Å². The molecule has 1 atom stereocenters. The van der Waals surface area contributed by atoms with E-state index in [-0.39, 0.29) is 36.1 Å². The number of halogens is 1. The van der Waals surface area contributed by atoms with Gasteiger partial charge in [0.1, 0.15) is 0 Å². The van der Waals surface area contributed by atoms with Gasteiger partial charge in [-0.2, -0.15) is 0 Å². The van der Waals surface area contributed by atoms with Crippen molar-refractivity contribution in [3.63, 3.8) is 0 Å². The zero-order valence-corrected chi connectivity index (χ0v) is 17.9. The highest BCUT2D eigenvalue weighted by Crippen LogP contribution is 2.04. The highest BCUT2D eigenvalue weighted by molar-refractivity contribution is 14.0. The Bertz CT molecular complexity index is 491. The summed E-state index contributed by atoms with van der Waals surface area (Å²) in [6.07, 6.45) is 4.55. The molecule has 1 amide bonds. The molecule has 0 fully saturated rings. The predicted molar refractivity (Wildman–Crippen MR) is 113 cm³/mol. The van der Waals surface area contributed by atoms with Gasteiger partial charge in [0.25, 0.3) is 0 Å². The first kappa shape index (κ1) is 23.5. The number of nitrogens with one attached hydrogen (secondary N) is 3. The molecule has 1 unspecified atom stereocenters. The van der Waals surface area contributed by atoms with Gasteiger partial charge in [0, 0.05) is 45.1 Å². The number of carbonyl (C=O) groups excluding carboxylic acids is 1. The number of carbonyl (C=O) groups is 1. The summed E-state index contributed by atoms with van der Waals surface area (Å²) >= 11 is 0. The molecule has 0 aliphatic carbocycles. The number of hydrogen-bond acceptors (Lipinski definition) is 3. The van der Waals surface area contributed by atoms with Gasteiger partial charge in [0.15, 0.2) is 5.96 Å². The van der Waals surface area contributed by atoms with E-state index in [4.69, 9.17) is 4.74 Å². The maximum atomic E-state index is 11.6. The lowest BCUT2D eigenvalue weighted by atomic mass is 10.0. The van der Waals surface area contributed by atoms with Crippen LogP contribution in [-0.2, 0) is 11.3 Å². The van der Waals surface area contributed by atoms with Gasteiger partial charge in [-0.1, -0.05) is 13.8 Å². The predicted octanol–water partition coefficient (Wildman–Crippen LogP) is 2.43. The van der Waals surface area contributed by atoms with Crippen LogP contribution in [0.1, 0.15) is 27.2 Å². The molecule has 8 heteroatoms. The Kier molecular flexibility index (Phi) is 13.0. The third kappa shape index (κ3) is 10.9. The van der Waals surface area contributed by atoms with Crippen molar-refractivity contribution in [3.05, 3.63) is 24.5 Å². The lowest BCUT2D eigenvalue weighted by molar-refractivity contribution is 0.146. The largest absolute Gasteiger partial charge is 0.450 e. The molecule has 0 spiro atoms. The number of ether oxygens (including phenoxy) is 1. The third-order valence-electron chi connectivity index (χ3n) is 3.42. The smallest absolute Gasteiger partial charge is 0.407 e. The molecule has 1 aromatic rings. The van der Waals surface area contributed by atoms with E-state index in [1.165, 1.54) is 0 Å². The van der Waals surface area contributed by atoms with Crippen LogP contribution in [0.25, 0.3) is 0 Å². The van der Waals surface area contributed by atoms with Crippen LogP contribution in [-0.4, -0.2) is 49.4 Å². The van der Waals surface area contributed by atoms with Crippen molar-refractivity contribution in [2.75, 3.05) is 26.7 Å². The SMILES string of the molecule is CCOC(=O)NC(CNC(=NC)NCCn1cccc1)CC(C)C.I. The zero-order valence-electron chi connectivity index (χ0n) is 15.6. The van der Waals surface area contributed by atoms with Crippen molar-refractivity contribution >= 4 is 36.0 Å². The molecule has 25 heavy (non-hydrogen) atoms. The van der Waals surface area contributed by atoms with Crippen molar-refractivity contribution in [2.24, 2.45) is 10.9 Å². The monoisotopic (exact) mass is 465 g/mol. The number of nitrogens with zero attached hydrogens (tertiary/aromatic N) is 2. The summed E-state index contributed by atoms with van der Waals surface area (Å²) in [5, 5.41) is 9.43. The van der Waals surface area contributed by atoms with E-state index in [0.717, 1.165) is 25.5 Å². The van der Waals surface area contributed by atoms with Crippen molar-refractivity contribution in [3.8, 4) is 0 Å².